The van der Waals surface area contributed by atoms with Gasteiger partial charge in [0, 0.05) is 43.8 Å². The van der Waals surface area contributed by atoms with Crippen molar-refractivity contribution in [2.45, 2.75) is 6.42 Å². The van der Waals surface area contributed by atoms with E-state index < -0.39 is 0 Å². The predicted molar refractivity (Wildman–Crippen MR) is 99.2 cm³/mol. The van der Waals surface area contributed by atoms with Gasteiger partial charge in [0.25, 0.3) is 5.91 Å². The lowest BCUT2D eigenvalue weighted by molar-refractivity contribution is -0.119. The molecule has 26 heavy (non-hydrogen) atoms. The highest BCUT2D eigenvalue weighted by atomic mass is 35.5. The van der Waals surface area contributed by atoms with E-state index in [1.165, 1.54) is 11.9 Å². The molecule has 8 heteroatoms. The largest absolute Gasteiger partial charge is 0.370 e. The molecule has 1 fully saturated rings. The second-order valence-electron chi connectivity index (χ2n) is 6.03. The Bertz CT molecular complexity index is 760. The zero-order valence-corrected chi connectivity index (χ0v) is 15.0. The van der Waals surface area contributed by atoms with Crippen LogP contribution in [0.1, 0.15) is 16.1 Å². The fourth-order valence-electron chi connectivity index (χ4n) is 2.75. The molecule has 1 aliphatic heterocycles. The first-order valence-corrected chi connectivity index (χ1v) is 8.82. The molecule has 0 aliphatic carbocycles. The third kappa shape index (κ3) is 4.70. The minimum Gasteiger partial charge on any atom is -0.370 e. The lowest BCUT2D eigenvalue weighted by atomic mass is 10.1. The Balaban J connectivity index is 1.55. The van der Waals surface area contributed by atoms with Crippen molar-refractivity contribution in [3.05, 3.63) is 52.9 Å². The van der Waals surface area contributed by atoms with Crippen LogP contribution in [0.3, 0.4) is 0 Å². The van der Waals surface area contributed by atoms with Crippen LogP contribution in [-0.4, -0.2) is 64.8 Å². The second kappa shape index (κ2) is 8.62. The van der Waals surface area contributed by atoms with Gasteiger partial charge in [-0.1, -0.05) is 23.7 Å². The van der Waals surface area contributed by atoms with E-state index in [2.05, 4.69) is 15.3 Å². The van der Waals surface area contributed by atoms with Crippen molar-refractivity contribution < 1.29 is 9.59 Å². The van der Waals surface area contributed by atoms with Gasteiger partial charge in [-0.2, -0.15) is 0 Å². The summed E-state index contributed by atoms with van der Waals surface area (Å²) in [6.07, 6.45) is 3.02. The van der Waals surface area contributed by atoms with E-state index in [9.17, 15) is 9.59 Å². The van der Waals surface area contributed by atoms with E-state index in [0.29, 0.717) is 44.2 Å². The molecule has 3 rings (SSSR count). The van der Waals surface area contributed by atoms with Crippen LogP contribution in [0, 0.1) is 0 Å². The highest BCUT2D eigenvalue weighted by molar-refractivity contribution is 6.30. The van der Waals surface area contributed by atoms with E-state index in [4.69, 9.17) is 11.6 Å². The van der Waals surface area contributed by atoms with Crippen LogP contribution in [0.15, 0.2) is 36.7 Å². The summed E-state index contributed by atoms with van der Waals surface area (Å²) < 4.78 is 0. The van der Waals surface area contributed by atoms with Gasteiger partial charge < -0.3 is 15.1 Å². The molecule has 0 spiro atoms. The first-order valence-electron chi connectivity index (χ1n) is 8.44. The maximum absolute atomic E-state index is 12.6. The number of anilines is 1. The van der Waals surface area contributed by atoms with Crippen LogP contribution in [0.5, 0.6) is 0 Å². The van der Waals surface area contributed by atoms with Gasteiger partial charge in [0.1, 0.15) is 17.8 Å². The normalized spacial score (nSPS) is 14.2. The molecule has 0 unspecified atom stereocenters. The molecule has 1 aliphatic rings. The average molecular weight is 374 g/mol. The lowest BCUT2D eigenvalue weighted by Crippen LogP contribution is -2.48. The Hall–Kier alpha value is -2.67. The highest BCUT2D eigenvalue weighted by Gasteiger charge is 2.22. The third-order valence-corrected chi connectivity index (χ3v) is 4.52. The number of halogens is 1. The molecule has 0 radical (unpaired) electrons. The van der Waals surface area contributed by atoms with Crippen molar-refractivity contribution in [2.24, 2.45) is 0 Å². The Labute approximate surface area is 157 Å². The average Bonchev–Trinajstić information content (AvgIpc) is 2.69. The van der Waals surface area contributed by atoms with Crippen molar-refractivity contribution in [2.75, 3.05) is 38.0 Å². The van der Waals surface area contributed by atoms with E-state index >= 15 is 0 Å². The minimum atomic E-state index is -0.140. The molecular weight excluding hydrogens is 354 g/mol. The van der Waals surface area contributed by atoms with E-state index in [-0.39, 0.29) is 5.91 Å². The number of carbonyl (C=O) groups excluding carboxylic acids is 2. The molecule has 1 aromatic carbocycles. The smallest absolute Gasteiger partial charge is 0.272 e. The number of benzene rings is 1. The Kier molecular flexibility index (Phi) is 6.01. The van der Waals surface area contributed by atoms with Crippen molar-refractivity contribution in [1.29, 1.82) is 0 Å². The highest BCUT2D eigenvalue weighted by Crippen LogP contribution is 2.12. The number of hydrogen-bond donors (Lipinski definition) is 1. The van der Waals surface area contributed by atoms with Crippen LogP contribution in [-0.2, 0) is 11.2 Å². The number of nitrogens with one attached hydrogen (secondary N) is 1. The third-order valence-electron chi connectivity index (χ3n) is 4.27. The molecule has 2 aromatic rings. The topological polar surface area (TPSA) is 78.4 Å². The fraction of sp³-hybridized carbons (Fsp3) is 0.333. The summed E-state index contributed by atoms with van der Waals surface area (Å²) >= 11 is 5.88. The number of piperazine rings is 1. The van der Waals surface area contributed by atoms with Crippen molar-refractivity contribution >= 4 is 29.7 Å². The molecule has 1 saturated heterocycles. The first kappa shape index (κ1) is 18.1. The number of carbonyl (C=O) groups is 2. The van der Waals surface area contributed by atoms with Crippen LogP contribution in [0.25, 0.3) is 0 Å². The molecule has 2 heterocycles. The van der Waals surface area contributed by atoms with E-state index in [1.54, 1.807) is 15.9 Å². The van der Waals surface area contributed by atoms with Crippen molar-refractivity contribution in [3.8, 4) is 0 Å². The first-order chi connectivity index (χ1) is 12.7. The second-order valence-corrected chi connectivity index (χ2v) is 6.46. The zero-order chi connectivity index (χ0) is 18.4. The Morgan fingerprint density at radius 1 is 1.15 bits per heavy atom. The number of hydrogen-bond acceptors (Lipinski definition) is 5. The molecule has 0 saturated carbocycles. The van der Waals surface area contributed by atoms with Gasteiger partial charge in [0.05, 0.1) is 0 Å². The maximum Gasteiger partial charge on any atom is 0.272 e. The van der Waals surface area contributed by atoms with Crippen molar-refractivity contribution in [1.82, 2.24) is 19.8 Å². The molecule has 0 bridgehead atoms. The van der Waals surface area contributed by atoms with Gasteiger partial charge in [-0.3, -0.25) is 9.59 Å². The monoisotopic (exact) mass is 373 g/mol. The summed E-state index contributed by atoms with van der Waals surface area (Å²) in [5.74, 6) is 0.475. The molecule has 136 valence electrons. The standard InChI is InChI=1S/C18H20ClN5O2/c19-15-3-1-14(2-4-15)5-6-20-17-11-16(21-12-22-17)18(26)24-9-7-23(13-25)8-10-24/h1-4,11-13H,5-10H2,(H,20,21,22). The zero-order valence-electron chi connectivity index (χ0n) is 14.3. The van der Waals surface area contributed by atoms with Gasteiger partial charge in [0.15, 0.2) is 0 Å². The summed E-state index contributed by atoms with van der Waals surface area (Å²) in [5, 5.41) is 3.93. The van der Waals surface area contributed by atoms with Crippen LogP contribution in [0.2, 0.25) is 5.02 Å². The van der Waals surface area contributed by atoms with E-state index in [0.717, 1.165) is 17.9 Å². The van der Waals surface area contributed by atoms with E-state index in [1.807, 2.05) is 24.3 Å². The Morgan fingerprint density at radius 3 is 2.58 bits per heavy atom. The SMILES string of the molecule is O=CN1CCN(C(=O)c2cc(NCCc3ccc(Cl)cc3)ncn2)CC1. The summed E-state index contributed by atoms with van der Waals surface area (Å²) in [6.45, 7) is 2.81. The lowest BCUT2D eigenvalue weighted by Gasteiger charge is -2.32. The van der Waals surface area contributed by atoms with Crippen LogP contribution >= 0.6 is 11.6 Å². The molecule has 7 nitrogen and oxygen atoms in total. The van der Waals surface area contributed by atoms with Crippen molar-refractivity contribution in [3.63, 3.8) is 0 Å². The van der Waals surface area contributed by atoms with Gasteiger partial charge >= 0.3 is 0 Å². The number of amides is 2. The van der Waals surface area contributed by atoms with Crippen LogP contribution < -0.4 is 5.32 Å². The number of rotatable bonds is 6. The molecule has 0 atom stereocenters. The predicted octanol–water partition coefficient (Wildman–Crippen LogP) is 1.70. The molecule has 1 N–H and O–H groups in total. The summed E-state index contributed by atoms with van der Waals surface area (Å²) in [5.41, 5.74) is 1.52. The van der Waals surface area contributed by atoms with Gasteiger partial charge in [0.2, 0.25) is 6.41 Å². The fourth-order valence-corrected chi connectivity index (χ4v) is 2.88. The quantitative estimate of drug-likeness (QED) is 0.780. The molecule has 1 aromatic heterocycles. The maximum atomic E-state index is 12.6. The van der Waals surface area contributed by atoms with Gasteiger partial charge in [-0.05, 0) is 24.1 Å². The summed E-state index contributed by atoms with van der Waals surface area (Å²) in [4.78, 5) is 34.9. The minimum absolute atomic E-state index is 0.140. The van der Waals surface area contributed by atoms with Gasteiger partial charge in [-0.25, -0.2) is 9.97 Å². The van der Waals surface area contributed by atoms with Crippen LogP contribution in [0.4, 0.5) is 5.82 Å². The number of nitrogens with zero attached hydrogens (tertiary/aromatic N) is 4. The summed E-state index contributed by atoms with van der Waals surface area (Å²) in [6, 6.07) is 9.36. The molecular formula is C18H20ClN5O2. The van der Waals surface area contributed by atoms with Gasteiger partial charge in [-0.15, -0.1) is 0 Å². The molecule has 2 amide bonds. The summed E-state index contributed by atoms with van der Waals surface area (Å²) in [7, 11) is 0. The Morgan fingerprint density at radius 2 is 1.88 bits per heavy atom. The number of aromatic nitrogens is 2.